The molecule has 0 radical (unpaired) electrons. The van der Waals surface area contributed by atoms with E-state index < -0.39 is 11.9 Å². The summed E-state index contributed by atoms with van der Waals surface area (Å²) in [6.07, 6.45) is 0.483. The van der Waals surface area contributed by atoms with Crippen molar-refractivity contribution in [2.45, 2.75) is 20.3 Å². The van der Waals surface area contributed by atoms with Crippen LogP contribution in [0.2, 0.25) is 0 Å². The summed E-state index contributed by atoms with van der Waals surface area (Å²) in [5, 5.41) is 11.4. The zero-order valence-electron chi connectivity index (χ0n) is 9.93. The fraction of sp³-hybridized carbons (Fsp3) is 0.417. The summed E-state index contributed by atoms with van der Waals surface area (Å²) >= 11 is 0. The van der Waals surface area contributed by atoms with Crippen molar-refractivity contribution in [2.75, 3.05) is 6.54 Å². The molecule has 1 aromatic heterocycles. The molecule has 1 aromatic rings. The molecule has 5 heteroatoms. The molecule has 17 heavy (non-hydrogen) atoms. The first-order valence-electron chi connectivity index (χ1n) is 5.49. The number of nitrogens with zero attached hydrogens (tertiary/aromatic N) is 1. The Morgan fingerprint density at radius 3 is 2.71 bits per heavy atom. The number of rotatable bonds is 5. The van der Waals surface area contributed by atoms with Crippen LogP contribution in [-0.2, 0) is 4.79 Å². The van der Waals surface area contributed by atoms with Crippen LogP contribution in [0.15, 0.2) is 18.2 Å². The average Bonchev–Trinajstić information content (AvgIpc) is 2.29. The maximum absolute atomic E-state index is 11.7. The number of aryl methyl sites for hydroxylation is 1. The second-order valence-corrected chi connectivity index (χ2v) is 3.82. The van der Waals surface area contributed by atoms with Crippen molar-refractivity contribution in [3.63, 3.8) is 0 Å². The van der Waals surface area contributed by atoms with Gasteiger partial charge in [0.15, 0.2) is 0 Å². The molecule has 0 bridgehead atoms. The van der Waals surface area contributed by atoms with Crippen molar-refractivity contribution < 1.29 is 14.7 Å². The standard InChI is InChI=1S/C12H16N2O3/c1-3-9(12(16)17)7-13-11(15)10-6-4-5-8(2)14-10/h4-6,9H,3,7H2,1-2H3,(H,13,15)(H,16,17). The van der Waals surface area contributed by atoms with Gasteiger partial charge in [-0.15, -0.1) is 0 Å². The topological polar surface area (TPSA) is 79.3 Å². The molecule has 0 saturated heterocycles. The van der Waals surface area contributed by atoms with E-state index >= 15 is 0 Å². The lowest BCUT2D eigenvalue weighted by atomic mass is 10.1. The molecular weight excluding hydrogens is 220 g/mol. The first-order chi connectivity index (χ1) is 8.04. The Kier molecular flexibility index (Phi) is 4.63. The van der Waals surface area contributed by atoms with Gasteiger partial charge in [-0.3, -0.25) is 9.59 Å². The summed E-state index contributed by atoms with van der Waals surface area (Å²) < 4.78 is 0. The van der Waals surface area contributed by atoms with Crippen LogP contribution in [-0.4, -0.2) is 28.5 Å². The molecule has 2 N–H and O–H groups in total. The van der Waals surface area contributed by atoms with Crippen molar-refractivity contribution in [1.29, 1.82) is 0 Å². The van der Waals surface area contributed by atoms with E-state index in [0.29, 0.717) is 12.1 Å². The van der Waals surface area contributed by atoms with Crippen molar-refractivity contribution in [3.8, 4) is 0 Å². The molecule has 0 aliphatic carbocycles. The normalized spacial score (nSPS) is 11.9. The van der Waals surface area contributed by atoms with Crippen LogP contribution in [0, 0.1) is 12.8 Å². The fourth-order valence-corrected chi connectivity index (χ4v) is 1.38. The number of pyridine rings is 1. The molecule has 1 unspecified atom stereocenters. The second-order valence-electron chi connectivity index (χ2n) is 3.82. The second kappa shape index (κ2) is 5.98. The van der Waals surface area contributed by atoms with E-state index in [9.17, 15) is 9.59 Å². The third kappa shape index (κ3) is 3.86. The first kappa shape index (κ1) is 13.2. The van der Waals surface area contributed by atoms with Gasteiger partial charge in [-0.25, -0.2) is 4.98 Å². The molecule has 1 heterocycles. The van der Waals surface area contributed by atoms with Crippen LogP contribution in [0.3, 0.4) is 0 Å². The van der Waals surface area contributed by atoms with Gasteiger partial charge in [0.2, 0.25) is 0 Å². The molecule has 0 fully saturated rings. The highest BCUT2D eigenvalue weighted by Crippen LogP contribution is 2.02. The van der Waals surface area contributed by atoms with Gasteiger partial charge < -0.3 is 10.4 Å². The number of hydrogen-bond acceptors (Lipinski definition) is 3. The Balaban J connectivity index is 2.58. The van der Waals surface area contributed by atoms with Crippen LogP contribution < -0.4 is 5.32 Å². The highest BCUT2D eigenvalue weighted by Gasteiger charge is 2.16. The lowest BCUT2D eigenvalue weighted by Gasteiger charge is -2.10. The van der Waals surface area contributed by atoms with E-state index in [1.807, 2.05) is 0 Å². The number of carboxylic acid groups (broad SMARTS) is 1. The molecule has 5 nitrogen and oxygen atoms in total. The Hall–Kier alpha value is -1.91. The van der Waals surface area contributed by atoms with Crippen LogP contribution in [0.1, 0.15) is 29.5 Å². The molecule has 92 valence electrons. The Morgan fingerprint density at radius 2 is 2.18 bits per heavy atom. The van der Waals surface area contributed by atoms with Crippen LogP contribution in [0.4, 0.5) is 0 Å². The van der Waals surface area contributed by atoms with Crippen LogP contribution >= 0.6 is 0 Å². The summed E-state index contributed by atoms with van der Waals surface area (Å²) in [5.41, 5.74) is 1.06. The number of carbonyl (C=O) groups is 2. The van der Waals surface area contributed by atoms with E-state index in [-0.39, 0.29) is 12.5 Å². The molecule has 0 aliphatic rings. The van der Waals surface area contributed by atoms with E-state index in [2.05, 4.69) is 10.3 Å². The van der Waals surface area contributed by atoms with Crippen molar-refractivity contribution in [1.82, 2.24) is 10.3 Å². The van der Waals surface area contributed by atoms with Gasteiger partial charge >= 0.3 is 5.97 Å². The van der Waals surface area contributed by atoms with E-state index in [1.54, 1.807) is 32.0 Å². The minimum atomic E-state index is -0.898. The lowest BCUT2D eigenvalue weighted by molar-refractivity contribution is -0.141. The van der Waals surface area contributed by atoms with Crippen molar-refractivity contribution in [3.05, 3.63) is 29.6 Å². The third-order valence-corrected chi connectivity index (χ3v) is 2.47. The Labute approximate surface area is 99.9 Å². The average molecular weight is 236 g/mol. The number of carboxylic acids is 1. The van der Waals surface area contributed by atoms with Crippen LogP contribution in [0.25, 0.3) is 0 Å². The summed E-state index contributed by atoms with van der Waals surface area (Å²) in [7, 11) is 0. The minimum absolute atomic E-state index is 0.125. The monoisotopic (exact) mass is 236 g/mol. The summed E-state index contributed by atoms with van der Waals surface area (Å²) in [6, 6.07) is 5.14. The molecule has 1 atom stereocenters. The molecule has 1 rings (SSSR count). The zero-order valence-corrected chi connectivity index (χ0v) is 9.93. The minimum Gasteiger partial charge on any atom is -0.481 e. The molecule has 0 saturated carbocycles. The number of aliphatic carboxylic acids is 1. The predicted molar refractivity (Wildman–Crippen MR) is 62.7 cm³/mol. The van der Waals surface area contributed by atoms with Crippen molar-refractivity contribution in [2.24, 2.45) is 5.92 Å². The van der Waals surface area contributed by atoms with Gasteiger partial charge in [-0.2, -0.15) is 0 Å². The van der Waals surface area contributed by atoms with E-state index in [0.717, 1.165) is 5.69 Å². The van der Waals surface area contributed by atoms with Gasteiger partial charge in [-0.05, 0) is 25.5 Å². The summed E-state index contributed by atoms with van der Waals surface area (Å²) in [5.74, 6) is -1.79. The molecule has 0 aromatic carbocycles. The number of carbonyl (C=O) groups excluding carboxylic acids is 1. The van der Waals surface area contributed by atoms with Crippen LogP contribution in [0.5, 0.6) is 0 Å². The first-order valence-corrected chi connectivity index (χ1v) is 5.49. The van der Waals surface area contributed by atoms with Gasteiger partial charge in [0.25, 0.3) is 5.91 Å². The van der Waals surface area contributed by atoms with Crippen molar-refractivity contribution >= 4 is 11.9 Å². The smallest absolute Gasteiger partial charge is 0.308 e. The lowest BCUT2D eigenvalue weighted by Crippen LogP contribution is -2.33. The number of hydrogen-bond donors (Lipinski definition) is 2. The fourth-order valence-electron chi connectivity index (χ4n) is 1.38. The quantitative estimate of drug-likeness (QED) is 0.805. The maximum Gasteiger partial charge on any atom is 0.308 e. The van der Waals surface area contributed by atoms with E-state index in [4.69, 9.17) is 5.11 Å². The molecule has 0 aliphatic heterocycles. The zero-order chi connectivity index (χ0) is 12.8. The SMILES string of the molecule is CCC(CNC(=O)c1cccc(C)n1)C(=O)O. The molecule has 0 spiro atoms. The number of aromatic nitrogens is 1. The van der Waals surface area contributed by atoms with E-state index in [1.165, 1.54) is 0 Å². The molecule has 1 amide bonds. The Bertz CT molecular complexity index is 418. The van der Waals surface area contributed by atoms with Gasteiger partial charge in [0, 0.05) is 12.2 Å². The van der Waals surface area contributed by atoms with Gasteiger partial charge in [0.05, 0.1) is 5.92 Å². The Morgan fingerprint density at radius 1 is 1.47 bits per heavy atom. The highest BCUT2D eigenvalue weighted by molar-refractivity contribution is 5.92. The third-order valence-electron chi connectivity index (χ3n) is 2.47. The predicted octanol–water partition coefficient (Wildman–Crippen LogP) is 1.23. The van der Waals surface area contributed by atoms with Gasteiger partial charge in [0.1, 0.15) is 5.69 Å². The number of amides is 1. The summed E-state index contributed by atoms with van der Waals surface area (Å²) in [6.45, 7) is 3.69. The number of nitrogens with one attached hydrogen (secondary N) is 1. The molecular formula is C12H16N2O3. The highest BCUT2D eigenvalue weighted by atomic mass is 16.4. The maximum atomic E-state index is 11.7. The van der Waals surface area contributed by atoms with Gasteiger partial charge in [-0.1, -0.05) is 13.0 Å². The largest absolute Gasteiger partial charge is 0.481 e. The summed E-state index contributed by atoms with van der Waals surface area (Å²) in [4.78, 5) is 26.5.